The van der Waals surface area contributed by atoms with E-state index in [4.69, 9.17) is 9.47 Å². The maximum absolute atomic E-state index is 12.5. The summed E-state index contributed by atoms with van der Waals surface area (Å²) in [6.07, 6.45) is 5.03. The SMILES string of the molecule is CCOC(=O)C(C(=O)OCC)[C@@]1(CC#N)C[C@H]2CC(CC)=C[C@H]21. The summed E-state index contributed by atoms with van der Waals surface area (Å²) in [6.45, 7) is 5.95. The molecule has 0 radical (unpaired) electrons. The highest BCUT2D eigenvalue weighted by Gasteiger charge is 2.63. The molecule has 0 aromatic heterocycles. The van der Waals surface area contributed by atoms with Gasteiger partial charge in [-0.1, -0.05) is 18.6 Å². The quantitative estimate of drug-likeness (QED) is 0.409. The van der Waals surface area contributed by atoms with Crippen molar-refractivity contribution in [2.45, 2.75) is 46.5 Å². The van der Waals surface area contributed by atoms with E-state index in [2.05, 4.69) is 19.1 Å². The van der Waals surface area contributed by atoms with E-state index in [-0.39, 0.29) is 25.6 Å². The number of esters is 2. The summed E-state index contributed by atoms with van der Waals surface area (Å²) in [6, 6.07) is 2.19. The molecule has 126 valence electrons. The Balaban J connectivity index is 2.36. The maximum Gasteiger partial charge on any atom is 0.320 e. The molecule has 0 aromatic rings. The summed E-state index contributed by atoms with van der Waals surface area (Å²) in [4.78, 5) is 24.9. The van der Waals surface area contributed by atoms with Crippen LogP contribution in [0.25, 0.3) is 0 Å². The minimum absolute atomic E-state index is 0.0934. The van der Waals surface area contributed by atoms with Crippen LogP contribution in [0.2, 0.25) is 0 Å². The van der Waals surface area contributed by atoms with E-state index in [1.165, 1.54) is 5.57 Å². The number of carbonyl (C=O) groups is 2. The predicted octanol–water partition coefficient (Wildman–Crippen LogP) is 3.01. The summed E-state index contributed by atoms with van der Waals surface area (Å²) in [7, 11) is 0. The van der Waals surface area contributed by atoms with Crippen molar-refractivity contribution in [2.24, 2.45) is 23.2 Å². The summed E-state index contributed by atoms with van der Waals surface area (Å²) < 4.78 is 10.3. The third kappa shape index (κ3) is 2.99. The van der Waals surface area contributed by atoms with Crippen molar-refractivity contribution in [3.05, 3.63) is 11.6 Å². The lowest BCUT2D eigenvalue weighted by atomic mass is 9.48. The van der Waals surface area contributed by atoms with Gasteiger partial charge in [-0.05, 0) is 44.9 Å². The minimum atomic E-state index is -1.00. The van der Waals surface area contributed by atoms with Gasteiger partial charge in [0.2, 0.25) is 0 Å². The Morgan fingerprint density at radius 2 is 1.91 bits per heavy atom. The van der Waals surface area contributed by atoms with Gasteiger partial charge in [0.05, 0.1) is 19.3 Å². The number of allylic oxidation sites excluding steroid dienone is 2. The molecule has 5 nitrogen and oxygen atoms in total. The Bertz CT molecular complexity index is 530. The van der Waals surface area contributed by atoms with E-state index >= 15 is 0 Å². The van der Waals surface area contributed by atoms with Crippen molar-refractivity contribution >= 4 is 11.9 Å². The fourth-order valence-corrected chi connectivity index (χ4v) is 4.25. The molecule has 0 unspecified atom stereocenters. The third-order valence-electron chi connectivity index (χ3n) is 5.24. The molecule has 1 fully saturated rings. The molecule has 23 heavy (non-hydrogen) atoms. The van der Waals surface area contributed by atoms with Crippen molar-refractivity contribution in [3.63, 3.8) is 0 Å². The van der Waals surface area contributed by atoms with Gasteiger partial charge in [0, 0.05) is 11.8 Å². The van der Waals surface area contributed by atoms with Crippen molar-refractivity contribution < 1.29 is 19.1 Å². The first kappa shape index (κ1) is 17.5. The van der Waals surface area contributed by atoms with Crippen LogP contribution in [-0.2, 0) is 19.1 Å². The second-order valence-electron chi connectivity index (χ2n) is 6.38. The second-order valence-corrected chi connectivity index (χ2v) is 6.38. The molecule has 0 N–H and O–H groups in total. The van der Waals surface area contributed by atoms with Crippen LogP contribution in [0.3, 0.4) is 0 Å². The zero-order valence-electron chi connectivity index (χ0n) is 14.1. The van der Waals surface area contributed by atoms with Crippen LogP contribution < -0.4 is 0 Å². The van der Waals surface area contributed by atoms with Crippen LogP contribution >= 0.6 is 0 Å². The highest BCUT2D eigenvalue weighted by molar-refractivity contribution is 5.96. The number of fused-ring (bicyclic) bond motifs is 1. The highest BCUT2D eigenvalue weighted by atomic mass is 16.6. The van der Waals surface area contributed by atoms with E-state index in [0.29, 0.717) is 12.3 Å². The van der Waals surface area contributed by atoms with Gasteiger partial charge < -0.3 is 9.47 Å². The summed E-state index contributed by atoms with van der Waals surface area (Å²) in [5.41, 5.74) is 0.681. The fraction of sp³-hybridized carbons (Fsp3) is 0.722. The van der Waals surface area contributed by atoms with Crippen LogP contribution in [0, 0.1) is 34.5 Å². The first-order valence-corrected chi connectivity index (χ1v) is 8.43. The molecule has 0 spiro atoms. The molecule has 0 aliphatic heterocycles. The molecule has 0 bridgehead atoms. The molecule has 0 aromatic carbocycles. The van der Waals surface area contributed by atoms with Gasteiger partial charge in [-0.15, -0.1) is 0 Å². The number of carbonyl (C=O) groups excluding carboxylic acids is 2. The monoisotopic (exact) mass is 319 g/mol. The Morgan fingerprint density at radius 1 is 1.30 bits per heavy atom. The molecule has 1 saturated carbocycles. The van der Waals surface area contributed by atoms with Gasteiger partial charge in [0.15, 0.2) is 5.92 Å². The smallest absolute Gasteiger partial charge is 0.320 e. The third-order valence-corrected chi connectivity index (χ3v) is 5.24. The fourth-order valence-electron chi connectivity index (χ4n) is 4.25. The number of ether oxygens (including phenoxy) is 2. The Labute approximate surface area is 137 Å². The minimum Gasteiger partial charge on any atom is -0.465 e. The van der Waals surface area contributed by atoms with Gasteiger partial charge in [-0.25, -0.2) is 0 Å². The Hall–Kier alpha value is -1.83. The van der Waals surface area contributed by atoms with Crippen LogP contribution in [-0.4, -0.2) is 25.2 Å². The van der Waals surface area contributed by atoms with E-state index in [1.54, 1.807) is 13.8 Å². The summed E-state index contributed by atoms with van der Waals surface area (Å²) in [5.74, 6) is -1.59. The van der Waals surface area contributed by atoms with Gasteiger partial charge in [-0.3, -0.25) is 9.59 Å². The van der Waals surface area contributed by atoms with E-state index in [0.717, 1.165) is 12.8 Å². The van der Waals surface area contributed by atoms with Crippen LogP contribution in [0.1, 0.15) is 46.5 Å². The molecule has 0 heterocycles. The van der Waals surface area contributed by atoms with E-state index in [1.807, 2.05) is 0 Å². The van der Waals surface area contributed by atoms with Gasteiger partial charge >= 0.3 is 11.9 Å². The van der Waals surface area contributed by atoms with Crippen molar-refractivity contribution in [1.82, 2.24) is 0 Å². The second kappa shape index (κ2) is 7.16. The lowest BCUT2D eigenvalue weighted by Gasteiger charge is -2.53. The van der Waals surface area contributed by atoms with Crippen molar-refractivity contribution in [2.75, 3.05) is 13.2 Å². The average molecular weight is 319 g/mol. The number of nitrogens with zero attached hydrogens (tertiary/aromatic N) is 1. The number of rotatable bonds is 7. The van der Waals surface area contributed by atoms with Gasteiger partial charge in [0.25, 0.3) is 0 Å². The molecule has 0 amide bonds. The molecular weight excluding hydrogens is 294 g/mol. The first-order valence-electron chi connectivity index (χ1n) is 8.43. The topological polar surface area (TPSA) is 76.4 Å². The molecule has 5 heteroatoms. The molecule has 2 aliphatic rings. The van der Waals surface area contributed by atoms with Crippen molar-refractivity contribution in [3.8, 4) is 6.07 Å². The Kier molecular flexibility index (Phi) is 5.46. The molecular formula is C18H25NO4. The molecule has 0 saturated heterocycles. The van der Waals surface area contributed by atoms with Crippen LogP contribution in [0.4, 0.5) is 0 Å². The zero-order chi connectivity index (χ0) is 17.0. The largest absolute Gasteiger partial charge is 0.465 e. The number of hydrogen-bond donors (Lipinski definition) is 0. The zero-order valence-corrected chi connectivity index (χ0v) is 14.1. The summed E-state index contributed by atoms with van der Waals surface area (Å²) in [5, 5.41) is 9.31. The number of hydrogen-bond acceptors (Lipinski definition) is 5. The van der Waals surface area contributed by atoms with Crippen LogP contribution in [0.5, 0.6) is 0 Å². The van der Waals surface area contributed by atoms with E-state index < -0.39 is 23.3 Å². The lowest BCUT2D eigenvalue weighted by Crippen LogP contribution is -2.55. The predicted molar refractivity (Wildman–Crippen MR) is 84.0 cm³/mol. The standard InChI is InChI=1S/C18H25NO4/c1-4-12-9-13-11-18(7-8-19,14(13)10-12)15(16(20)22-5-2)17(21)23-6-3/h10,13-15H,4-7,9,11H2,1-3H3/t13-,14-,18+/m1/s1. The van der Waals surface area contributed by atoms with Crippen LogP contribution in [0.15, 0.2) is 11.6 Å². The molecule has 2 aliphatic carbocycles. The highest BCUT2D eigenvalue weighted by Crippen LogP contribution is 2.63. The number of nitriles is 1. The van der Waals surface area contributed by atoms with Gasteiger partial charge in [0.1, 0.15) is 0 Å². The van der Waals surface area contributed by atoms with Gasteiger partial charge in [-0.2, -0.15) is 5.26 Å². The average Bonchev–Trinajstić information content (AvgIpc) is 2.85. The maximum atomic E-state index is 12.5. The normalized spacial score (nSPS) is 28.4. The summed E-state index contributed by atoms with van der Waals surface area (Å²) >= 11 is 0. The lowest BCUT2D eigenvalue weighted by molar-refractivity contribution is -0.179. The Morgan fingerprint density at radius 3 is 2.39 bits per heavy atom. The molecule has 2 rings (SSSR count). The molecule has 3 atom stereocenters. The van der Waals surface area contributed by atoms with E-state index in [9.17, 15) is 14.9 Å². The first-order chi connectivity index (χ1) is 11.0. The van der Waals surface area contributed by atoms with Crippen molar-refractivity contribution in [1.29, 1.82) is 5.26 Å².